The van der Waals surface area contributed by atoms with Crippen molar-refractivity contribution in [3.63, 3.8) is 0 Å². The van der Waals surface area contributed by atoms with Gasteiger partial charge in [0.2, 0.25) is 0 Å². The minimum absolute atomic E-state index is 0.286. The molecule has 0 unspecified atom stereocenters. The van der Waals surface area contributed by atoms with Gasteiger partial charge < -0.3 is 42.6 Å². The highest BCUT2D eigenvalue weighted by molar-refractivity contribution is 5.18. The summed E-state index contributed by atoms with van der Waals surface area (Å²) in [5, 5.41) is 0. The third-order valence-electron chi connectivity index (χ3n) is 11.4. The number of rotatable bonds is 20. The van der Waals surface area contributed by atoms with E-state index in [1.807, 2.05) is 196 Å². The quantitative estimate of drug-likeness (QED) is 0.0746. The van der Waals surface area contributed by atoms with E-state index < -0.39 is 61.4 Å². The van der Waals surface area contributed by atoms with Crippen LogP contribution in [0.15, 0.2) is 182 Å². The Morgan fingerprint density at radius 3 is 0.730 bits per heavy atom. The highest BCUT2D eigenvalue weighted by Gasteiger charge is 2.53. The Morgan fingerprint density at radius 2 is 0.492 bits per heavy atom. The van der Waals surface area contributed by atoms with Gasteiger partial charge in [0.15, 0.2) is 12.6 Å². The molecule has 0 radical (unpaired) electrons. The third-order valence-corrected chi connectivity index (χ3v) is 11.4. The molecule has 9 nitrogen and oxygen atoms in total. The fourth-order valence-corrected chi connectivity index (χ4v) is 8.09. The van der Waals surface area contributed by atoms with Crippen molar-refractivity contribution in [2.24, 2.45) is 0 Å². The molecule has 10 atom stereocenters. The van der Waals surface area contributed by atoms with Gasteiger partial charge in [-0.1, -0.05) is 182 Å². The second kappa shape index (κ2) is 23.1. The lowest BCUT2D eigenvalue weighted by atomic mass is 9.97. The molecule has 0 aromatic heterocycles. The Labute approximate surface area is 371 Å². The van der Waals surface area contributed by atoms with Gasteiger partial charge in [-0.25, -0.2) is 0 Å². The Hall–Kier alpha value is -5.04. The maximum atomic E-state index is 7.10. The van der Waals surface area contributed by atoms with E-state index in [1.54, 1.807) is 0 Å². The van der Waals surface area contributed by atoms with E-state index >= 15 is 0 Å². The maximum Gasteiger partial charge on any atom is 0.189 e. The Morgan fingerprint density at radius 1 is 0.286 bits per heavy atom. The van der Waals surface area contributed by atoms with Crippen molar-refractivity contribution in [2.45, 2.75) is 115 Å². The van der Waals surface area contributed by atoms with Crippen molar-refractivity contribution in [3.8, 4) is 0 Å². The van der Waals surface area contributed by atoms with Gasteiger partial charge in [0, 0.05) is 0 Å². The molecular weight excluding hydrogens is 793 g/mol. The zero-order valence-electron chi connectivity index (χ0n) is 36.0. The van der Waals surface area contributed by atoms with Crippen LogP contribution in [-0.4, -0.2) is 61.4 Å². The molecule has 63 heavy (non-hydrogen) atoms. The Bertz CT molecular complexity index is 2010. The van der Waals surface area contributed by atoms with Crippen molar-refractivity contribution in [2.75, 3.05) is 0 Å². The van der Waals surface area contributed by atoms with E-state index in [-0.39, 0.29) is 13.2 Å². The van der Waals surface area contributed by atoms with Crippen molar-refractivity contribution >= 4 is 0 Å². The topological polar surface area (TPSA) is 83.1 Å². The minimum Gasteiger partial charge on any atom is -0.368 e. The fraction of sp³-hybridized carbons (Fsp3) is 0.333. The summed E-state index contributed by atoms with van der Waals surface area (Å²) in [7, 11) is 0. The molecule has 0 bridgehead atoms. The number of ether oxygens (including phenoxy) is 9. The molecule has 2 aliphatic heterocycles. The van der Waals surface area contributed by atoms with Crippen LogP contribution >= 0.6 is 0 Å². The zero-order valence-corrected chi connectivity index (χ0v) is 36.0. The second-order valence-corrected chi connectivity index (χ2v) is 16.1. The van der Waals surface area contributed by atoms with Crippen LogP contribution in [0.5, 0.6) is 0 Å². The highest BCUT2D eigenvalue weighted by atomic mass is 16.8. The predicted octanol–water partition coefficient (Wildman–Crippen LogP) is 10.0. The second-order valence-electron chi connectivity index (χ2n) is 16.1. The van der Waals surface area contributed by atoms with Gasteiger partial charge >= 0.3 is 0 Å². The summed E-state index contributed by atoms with van der Waals surface area (Å²) in [4.78, 5) is 0. The first-order chi connectivity index (χ1) is 31.1. The summed E-state index contributed by atoms with van der Waals surface area (Å²) in [6.07, 6.45) is -6.60. The Balaban J connectivity index is 1.12. The van der Waals surface area contributed by atoms with Crippen molar-refractivity contribution in [1.82, 2.24) is 0 Å². The molecule has 8 rings (SSSR count). The molecule has 0 aliphatic carbocycles. The van der Waals surface area contributed by atoms with Crippen molar-refractivity contribution in [1.29, 1.82) is 0 Å². The zero-order chi connectivity index (χ0) is 43.1. The number of hydrogen-bond donors (Lipinski definition) is 0. The highest BCUT2D eigenvalue weighted by Crippen LogP contribution is 2.36. The summed E-state index contributed by atoms with van der Waals surface area (Å²) in [5.74, 6) is 0. The largest absolute Gasteiger partial charge is 0.368 e. The van der Waals surface area contributed by atoms with E-state index in [0.717, 1.165) is 33.4 Å². The lowest BCUT2D eigenvalue weighted by Crippen LogP contribution is -2.64. The van der Waals surface area contributed by atoms with E-state index in [4.69, 9.17) is 42.6 Å². The molecule has 0 saturated carbocycles. The van der Waals surface area contributed by atoms with E-state index in [2.05, 4.69) is 0 Å². The molecule has 2 aliphatic rings. The maximum absolute atomic E-state index is 7.10. The van der Waals surface area contributed by atoms with Crippen LogP contribution in [0.1, 0.15) is 47.2 Å². The molecular formula is C54H58O9. The predicted molar refractivity (Wildman–Crippen MR) is 240 cm³/mol. The monoisotopic (exact) mass is 850 g/mol. The van der Waals surface area contributed by atoms with Gasteiger partial charge in [-0.3, -0.25) is 0 Å². The van der Waals surface area contributed by atoms with Crippen molar-refractivity contribution < 1.29 is 42.6 Å². The van der Waals surface area contributed by atoms with E-state index in [1.165, 1.54) is 0 Å². The van der Waals surface area contributed by atoms with Gasteiger partial charge in [0.05, 0.1) is 51.8 Å². The summed E-state index contributed by atoms with van der Waals surface area (Å²) >= 11 is 0. The van der Waals surface area contributed by atoms with Crippen LogP contribution in [0.3, 0.4) is 0 Å². The molecule has 2 fully saturated rings. The first-order valence-electron chi connectivity index (χ1n) is 22.0. The van der Waals surface area contributed by atoms with Gasteiger partial charge in [-0.2, -0.15) is 0 Å². The fourth-order valence-electron chi connectivity index (χ4n) is 8.09. The van der Waals surface area contributed by atoms with Crippen LogP contribution < -0.4 is 0 Å². The van der Waals surface area contributed by atoms with E-state index in [9.17, 15) is 0 Å². The molecule has 6 aromatic carbocycles. The smallest absolute Gasteiger partial charge is 0.189 e. The molecule has 0 amide bonds. The standard InChI is InChI=1S/C54H58O9/c1-39-47(55-33-41-21-9-3-10-22-41)49(57-35-43-25-13-5-14-26-43)51(59-37-45-29-17-7-18-30-45)53(61-39)63-54-52(60-38-46-31-19-8-20-32-46)50(58-36-44-27-15-6-16-28-44)48(40(2)62-54)56-34-42-23-11-4-12-24-42/h3-32,39-40,47-54H,33-38H2,1-2H3/t39-,40-,47+,48+,49+,50+,51-,52-,53-,54+/m0/s1. The first kappa shape index (κ1) is 44.6. The molecule has 9 heteroatoms. The summed E-state index contributed by atoms with van der Waals surface area (Å²) in [5.41, 5.74) is 6.13. The molecule has 2 heterocycles. The Kier molecular flexibility index (Phi) is 16.3. The summed E-state index contributed by atoms with van der Waals surface area (Å²) in [6, 6.07) is 60.6. The van der Waals surface area contributed by atoms with Crippen LogP contribution in [0.2, 0.25) is 0 Å². The van der Waals surface area contributed by atoms with Crippen molar-refractivity contribution in [3.05, 3.63) is 215 Å². The number of benzene rings is 6. The lowest BCUT2D eigenvalue weighted by molar-refractivity contribution is -0.388. The number of hydrogen-bond acceptors (Lipinski definition) is 9. The van der Waals surface area contributed by atoms with Crippen LogP contribution in [0.25, 0.3) is 0 Å². The summed E-state index contributed by atoms with van der Waals surface area (Å²) < 4.78 is 61.8. The van der Waals surface area contributed by atoms with Crippen LogP contribution in [-0.2, 0) is 82.3 Å². The average Bonchev–Trinajstić information content (AvgIpc) is 3.33. The molecule has 0 N–H and O–H groups in total. The van der Waals surface area contributed by atoms with Crippen LogP contribution in [0, 0.1) is 0 Å². The van der Waals surface area contributed by atoms with Gasteiger partial charge in [0.25, 0.3) is 0 Å². The summed E-state index contributed by atoms with van der Waals surface area (Å²) in [6.45, 7) is 5.95. The first-order valence-corrected chi connectivity index (χ1v) is 22.0. The average molecular weight is 851 g/mol. The van der Waals surface area contributed by atoms with Gasteiger partial charge in [-0.05, 0) is 47.2 Å². The van der Waals surface area contributed by atoms with E-state index in [0.29, 0.717) is 26.4 Å². The minimum atomic E-state index is -0.961. The lowest BCUT2D eigenvalue weighted by Gasteiger charge is -2.49. The molecule has 328 valence electrons. The SMILES string of the molecule is C[C@@H]1O[C@@H](O[C@H]2O[C@@H](C)[C@@H](OCc3ccccc3)[C@@H](OCc3ccccc3)[C@@H]2OCc2ccccc2)[C@@H](OCc2ccccc2)[C@H](OCc2ccccc2)[C@@H]1OCc1ccccc1. The van der Waals surface area contributed by atoms with Gasteiger partial charge in [-0.15, -0.1) is 0 Å². The molecule has 2 saturated heterocycles. The van der Waals surface area contributed by atoms with Crippen LogP contribution in [0.4, 0.5) is 0 Å². The molecule has 6 aromatic rings. The van der Waals surface area contributed by atoms with Gasteiger partial charge in [0.1, 0.15) is 36.6 Å². The third kappa shape index (κ3) is 12.6. The molecule has 0 spiro atoms. The normalized spacial score (nSPS) is 26.0.